The number of aryl methyl sites for hydroxylation is 1. The first-order chi connectivity index (χ1) is 9.06. The molecule has 0 spiro atoms. The lowest BCUT2D eigenvalue weighted by Gasteiger charge is -2.28. The van der Waals surface area contributed by atoms with Crippen molar-refractivity contribution in [1.29, 1.82) is 0 Å². The van der Waals surface area contributed by atoms with E-state index in [1.807, 2.05) is 18.9 Å². The zero-order valence-corrected chi connectivity index (χ0v) is 11.4. The third kappa shape index (κ3) is 3.67. The Morgan fingerprint density at radius 3 is 3.00 bits per heavy atom. The van der Waals surface area contributed by atoms with Crippen LogP contribution in [-0.4, -0.2) is 42.9 Å². The quantitative estimate of drug-likeness (QED) is 0.900. The van der Waals surface area contributed by atoms with Crippen molar-refractivity contribution in [3.8, 4) is 0 Å². The molecule has 5 nitrogen and oxygen atoms in total. The molecule has 0 amide bonds. The molecule has 0 aromatic carbocycles. The van der Waals surface area contributed by atoms with Gasteiger partial charge in [-0.25, -0.2) is 9.78 Å². The number of aromatic nitrogens is 1. The molecule has 5 heteroatoms. The fourth-order valence-electron chi connectivity index (χ4n) is 2.40. The maximum Gasteiger partial charge on any atom is 0.335 e. The first-order valence-corrected chi connectivity index (χ1v) is 6.57. The Hall–Kier alpha value is -1.62. The Morgan fingerprint density at radius 1 is 1.58 bits per heavy atom. The Kier molecular flexibility index (Phi) is 4.37. The van der Waals surface area contributed by atoms with Crippen LogP contribution in [0.15, 0.2) is 12.1 Å². The van der Waals surface area contributed by atoms with Crippen molar-refractivity contribution in [3.63, 3.8) is 0 Å². The van der Waals surface area contributed by atoms with E-state index in [4.69, 9.17) is 9.84 Å². The topological polar surface area (TPSA) is 62.7 Å². The van der Waals surface area contributed by atoms with E-state index in [1.54, 1.807) is 12.1 Å². The second-order valence-electron chi connectivity index (χ2n) is 5.12. The molecule has 0 radical (unpaired) electrons. The summed E-state index contributed by atoms with van der Waals surface area (Å²) in [6, 6.07) is 3.21. The molecule has 0 saturated carbocycles. The van der Waals surface area contributed by atoms with Crippen molar-refractivity contribution in [2.24, 2.45) is 5.92 Å². The third-order valence-electron chi connectivity index (χ3n) is 3.36. The van der Waals surface area contributed by atoms with Gasteiger partial charge in [-0.2, -0.15) is 0 Å². The molecule has 2 rings (SSSR count). The number of rotatable bonds is 4. The third-order valence-corrected chi connectivity index (χ3v) is 3.36. The maximum absolute atomic E-state index is 11.1. The Bertz CT molecular complexity index is 456. The van der Waals surface area contributed by atoms with Crippen LogP contribution in [0.25, 0.3) is 0 Å². The van der Waals surface area contributed by atoms with Gasteiger partial charge in [0.15, 0.2) is 0 Å². The van der Waals surface area contributed by atoms with Crippen LogP contribution in [0.4, 0.5) is 5.82 Å². The van der Waals surface area contributed by atoms with Crippen molar-refractivity contribution < 1.29 is 14.6 Å². The number of anilines is 1. The number of pyridine rings is 1. The second-order valence-corrected chi connectivity index (χ2v) is 5.12. The molecule has 19 heavy (non-hydrogen) atoms. The van der Waals surface area contributed by atoms with Gasteiger partial charge in [-0.05, 0) is 37.8 Å². The molecule has 1 aromatic heterocycles. The predicted octanol–water partition coefficient (Wildman–Crippen LogP) is 1.95. The summed E-state index contributed by atoms with van der Waals surface area (Å²) in [5.41, 5.74) is 1.01. The number of carbonyl (C=O) groups is 1. The molecule has 1 N–H and O–H groups in total. The van der Waals surface area contributed by atoms with E-state index in [1.165, 1.54) is 0 Å². The Labute approximate surface area is 113 Å². The lowest BCUT2D eigenvalue weighted by Crippen LogP contribution is -2.31. The van der Waals surface area contributed by atoms with Gasteiger partial charge in [-0.3, -0.25) is 0 Å². The van der Waals surface area contributed by atoms with Crippen LogP contribution in [0.3, 0.4) is 0 Å². The average Bonchev–Trinajstić information content (AvgIpc) is 2.39. The minimum atomic E-state index is -0.916. The highest BCUT2D eigenvalue weighted by Crippen LogP contribution is 2.19. The van der Waals surface area contributed by atoms with Gasteiger partial charge in [0.2, 0.25) is 0 Å². The number of hydrogen-bond donors (Lipinski definition) is 1. The summed E-state index contributed by atoms with van der Waals surface area (Å²) < 4.78 is 5.46. The molecule has 1 fully saturated rings. The van der Waals surface area contributed by atoms with E-state index in [2.05, 4.69) is 4.98 Å². The summed E-state index contributed by atoms with van der Waals surface area (Å²) in [4.78, 5) is 17.5. The fourth-order valence-corrected chi connectivity index (χ4v) is 2.40. The van der Waals surface area contributed by atoms with Crippen molar-refractivity contribution in [3.05, 3.63) is 23.4 Å². The largest absolute Gasteiger partial charge is 0.478 e. The van der Waals surface area contributed by atoms with Gasteiger partial charge >= 0.3 is 5.97 Å². The molecule has 1 saturated heterocycles. The minimum absolute atomic E-state index is 0.286. The number of aromatic carboxylic acids is 1. The number of nitrogens with zero attached hydrogens (tertiary/aromatic N) is 2. The lowest BCUT2D eigenvalue weighted by atomic mass is 10.0. The standard InChI is InChI=1S/C14H20N2O3/c1-10-6-12(14(17)18)7-13(15-10)16(2)8-11-4-3-5-19-9-11/h6-7,11H,3-5,8-9H2,1-2H3,(H,17,18). The van der Waals surface area contributed by atoms with Gasteiger partial charge in [0, 0.05) is 25.9 Å². The Morgan fingerprint density at radius 2 is 2.37 bits per heavy atom. The van der Waals surface area contributed by atoms with Crippen molar-refractivity contribution in [2.75, 3.05) is 31.7 Å². The first kappa shape index (κ1) is 13.8. The number of carboxylic acids is 1. The molecule has 1 atom stereocenters. The van der Waals surface area contributed by atoms with Gasteiger partial charge in [-0.1, -0.05) is 0 Å². The highest BCUT2D eigenvalue weighted by Gasteiger charge is 2.17. The van der Waals surface area contributed by atoms with Gasteiger partial charge < -0.3 is 14.7 Å². The van der Waals surface area contributed by atoms with Crippen molar-refractivity contribution in [2.45, 2.75) is 19.8 Å². The smallest absolute Gasteiger partial charge is 0.335 e. The number of hydrogen-bond acceptors (Lipinski definition) is 4. The van der Waals surface area contributed by atoms with Gasteiger partial charge in [-0.15, -0.1) is 0 Å². The fraction of sp³-hybridized carbons (Fsp3) is 0.571. The van der Waals surface area contributed by atoms with E-state index >= 15 is 0 Å². The predicted molar refractivity (Wildman–Crippen MR) is 72.7 cm³/mol. The van der Waals surface area contributed by atoms with Crippen LogP contribution in [0.5, 0.6) is 0 Å². The van der Waals surface area contributed by atoms with Crippen molar-refractivity contribution in [1.82, 2.24) is 4.98 Å². The zero-order valence-electron chi connectivity index (χ0n) is 11.4. The molecule has 0 aliphatic carbocycles. The molecule has 104 valence electrons. The Balaban J connectivity index is 2.09. The number of carboxylic acid groups (broad SMARTS) is 1. The number of ether oxygens (including phenoxy) is 1. The van der Waals surface area contributed by atoms with E-state index in [0.29, 0.717) is 11.7 Å². The van der Waals surface area contributed by atoms with Crippen LogP contribution in [0.1, 0.15) is 28.9 Å². The molecule has 1 unspecified atom stereocenters. The lowest BCUT2D eigenvalue weighted by molar-refractivity contribution is 0.0576. The van der Waals surface area contributed by atoms with Crippen LogP contribution in [0, 0.1) is 12.8 Å². The van der Waals surface area contributed by atoms with E-state index in [0.717, 1.165) is 38.3 Å². The first-order valence-electron chi connectivity index (χ1n) is 6.57. The molecule has 2 heterocycles. The molecule has 1 aliphatic rings. The highest BCUT2D eigenvalue weighted by molar-refractivity contribution is 5.88. The minimum Gasteiger partial charge on any atom is -0.478 e. The van der Waals surface area contributed by atoms with Crippen LogP contribution < -0.4 is 4.90 Å². The monoisotopic (exact) mass is 264 g/mol. The van der Waals surface area contributed by atoms with E-state index in [-0.39, 0.29) is 5.56 Å². The maximum atomic E-state index is 11.1. The second kappa shape index (κ2) is 6.02. The summed E-state index contributed by atoms with van der Waals surface area (Å²) in [6.07, 6.45) is 2.25. The zero-order chi connectivity index (χ0) is 13.8. The summed E-state index contributed by atoms with van der Waals surface area (Å²) in [5.74, 6) is 0.290. The van der Waals surface area contributed by atoms with Crippen LogP contribution in [-0.2, 0) is 4.74 Å². The summed E-state index contributed by atoms with van der Waals surface area (Å²) in [5, 5.41) is 9.07. The molecule has 0 bridgehead atoms. The van der Waals surface area contributed by atoms with Crippen LogP contribution in [0.2, 0.25) is 0 Å². The molecular weight excluding hydrogens is 244 g/mol. The normalized spacial score (nSPS) is 19.2. The summed E-state index contributed by atoms with van der Waals surface area (Å²) >= 11 is 0. The van der Waals surface area contributed by atoms with Crippen molar-refractivity contribution >= 4 is 11.8 Å². The average molecular weight is 264 g/mol. The highest BCUT2D eigenvalue weighted by atomic mass is 16.5. The van der Waals surface area contributed by atoms with E-state index in [9.17, 15) is 4.79 Å². The molecule has 1 aliphatic heterocycles. The van der Waals surface area contributed by atoms with Crippen LogP contribution >= 0.6 is 0 Å². The summed E-state index contributed by atoms with van der Waals surface area (Å²) in [7, 11) is 1.95. The van der Waals surface area contributed by atoms with Gasteiger partial charge in [0.25, 0.3) is 0 Å². The SMILES string of the molecule is Cc1cc(C(=O)O)cc(N(C)CC2CCCOC2)n1. The molecular formula is C14H20N2O3. The van der Waals surface area contributed by atoms with Gasteiger partial charge in [0.1, 0.15) is 5.82 Å². The summed E-state index contributed by atoms with van der Waals surface area (Å²) in [6.45, 7) is 4.29. The molecule has 1 aromatic rings. The van der Waals surface area contributed by atoms with E-state index < -0.39 is 5.97 Å². The van der Waals surface area contributed by atoms with Gasteiger partial charge in [0.05, 0.1) is 12.2 Å².